The molecule has 138 valence electrons. The van der Waals surface area contributed by atoms with Gasteiger partial charge in [-0.25, -0.2) is 13.4 Å². The summed E-state index contributed by atoms with van der Waals surface area (Å²) in [5, 5.41) is 6.00. The van der Waals surface area contributed by atoms with Crippen LogP contribution >= 0.6 is 11.6 Å². The Kier molecular flexibility index (Phi) is 5.06. The molecule has 9 heteroatoms. The van der Waals surface area contributed by atoms with Crippen LogP contribution in [0.1, 0.15) is 37.6 Å². The summed E-state index contributed by atoms with van der Waals surface area (Å²) >= 11 is 5.84. The van der Waals surface area contributed by atoms with Crippen LogP contribution in [0.15, 0.2) is 45.9 Å². The third-order valence-corrected chi connectivity index (χ3v) is 5.51. The van der Waals surface area contributed by atoms with Crippen LogP contribution in [-0.2, 0) is 14.8 Å². The third kappa shape index (κ3) is 3.91. The highest BCUT2D eigenvalue weighted by atomic mass is 35.5. The molecular formula is C17H18ClN3O4S. The van der Waals surface area contributed by atoms with E-state index in [9.17, 15) is 13.2 Å². The monoisotopic (exact) mass is 395 g/mol. The van der Waals surface area contributed by atoms with Crippen molar-refractivity contribution in [1.29, 1.82) is 0 Å². The number of nitrogens with one attached hydrogen (secondary N) is 1. The highest BCUT2D eigenvalue weighted by molar-refractivity contribution is 7.92. The Morgan fingerprint density at radius 3 is 2.77 bits per heavy atom. The molecule has 26 heavy (non-hydrogen) atoms. The first kappa shape index (κ1) is 18.5. The molecule has 0 fully saturated rings. The molecule has 0 saturated carbocycles. The first-order valence-electron chi connectivity index (χ1n) is 8.02. The molecule has 0 aliphatic carbocycles. The maximum atomic E-state index is 12.0. The van der Waals surface area contributed by atoms with Crippen molar-refractivity contribution in [3.05, 3.63) is 52.9 Å². The van der Waals surface area contributed by atoms with Crippen LogP contribution in [0, 0.1) is 0 Å². The zero-order chi connectivity index (χ0) is 18.9. The van der Waals surface area contributed by atoms with E-state index in [1.807, 2.05) is 6.07 Å². The van der Waals surface area contributed by atoms with Crippen molar-refractivity contribution in [1.82, 2.24) is 5.01 Å². The molecule has 0 spiro atoms. The van der Waals surface area contributed by atoms with Crippen LogP contribution in [0.3, 0.4) is 0 Å². The number of hydrazone groups is 1. The summed E-state index contributed by atoms with van der Waals surface area (Å²) < 4.78 is 31.5. The van der Waals surface area contributed by atoms with Gasteiger partial charge in [0.15, 0.2) is 5.22 Å². The van der Waals surface area contributed by atoms with Crippen LogP contribution in [0.4, 0.5) is 5.69 Å². The van der Waals surface area contributed by atoms with E-state index in [0.717, 1.165) is 5.56 Å². The minimum Gasteiger partial charge on any atom is -0.447 e. The van der Waals surface area contributed by atoms with Gasteiger partial charge in [0, 0.05) is 19.0 Å². The third-order valence-electron chi connectivity index (χ3n) is 4.00. The number of amides is 1. The number of sulfonamides is 1. The molecule has 1 aliphatic heterocycles. The van der Waals surface area contributed by atoms with Crippen LogP contribution in [0.2, 0.25) is 5.22 Å². The Morgan fingerprint density at radius 2 is 2.15 bits per heavy atom. The number of furan rings is 1. The van der Waals surface area contributed by atoms with Crippen molar-refractivity contribution in [2.45, 2.75) is 26.3 Å². The molecule has 1 aromatic carbocycles. The van der Waals surface area contributed by atoms with Crippen molar-refractivity contribution in [2.75, 3.05) is 10.5 Å². The largest absolute Gasteiger partial charge is 0.447 e. The number of benzene rings is 1. The van der Waals surface area contributed by atoms with E-state index in [-0.39, 0.29) is 22.9 Å². The fourth-order valence-electron chi connectivity index (χ4n) is 2.72. The van der Waals surface area contributed by atoms with Gasteiger partial charge in [0.2, 0.25) is 15.9 Å². The van der Waals surface area contributed by atoms with Crippen molar-refractivity contribution < 1.29 is 17.6 Å². The molecule has 1 atom stereocenters. The number of hydrogen-bond donors (Lipinski definition) is 1. The molecule has 3 rings (SSSR count). The molecule has 1 amide bonds. The molecule has 1 aromatic heterocycles. The van der Waals surface area contributed by atoms with E-state index in [1.54, 1.807) is 37.3 Å². The molecular weight excluding hydrogens is 378 g/mol. The topological polar surface area (TPSA) is 92.0 Å². The molecule has 0 unspecified atom stereocenters. The molecule has 2 heterocycles. The lowest BCUT2D eigenvalue weighted by molar-refractivity contribution is -0.130. The fourth-order valence-corrected chi connectivity index (χ4v) is 3.50. The average Bonchev–Trinajstić information content (AvgIpc) is 3.21. The van der Waals surface area contributed by atoms with Gasteiger partial charge in [-0.1, -0.05) is 12.1 Å². The molecule has 1 aliphatic rings. The number of carbonyl (C=O) groups is 1. The summed E-state index contributed by atoms with van der Waals surface area (Å²) in [6, 6.07) is 9.87. The van der Waals surface area contributed by atoms with Crippen molar-refractivity contribution in [3.63, 3.8) is 0 Å². The number of rotatable bonds is 5. The summed E-state index contributed by atoms with van der Waals surface area (Å²) in [5.41, 5.74) is 1.84. The Balaban J connectivity index is 1.90. The van der Waals surface area contributed by atoms with Crippen molar-refractivity contribution in [2.24, 2.45) is 5.10 Å². The van der Waals surface area contributed by atoms with E-state index < -0.39 is 10.0 Å². The van der Waals surface area contributed by atoms with Crippen molar-refractivity contribution in [3.8, 4) is 0 Å². The zero-order valence-corrected chi connectivity index (χ0v) is 15.8. The predicted molar refractivity (Wildman–Crippen MR) is 99.7 cm³/mol. The fraction of sp³-hybridized carbons (Fsp3) is 0.294. The Hall–Kier alpha value is -2.32. The molecule has 0 bridgehead atoms. The van der Waals surface area contributed by atoms with E-state index >= 15 is 0 Å². The standard InChI is InChI=1S/C17H18ClN3O4S/c1-3-26(23,24)20-13-6-4-5-12(9-13)14-10-15(21(19-14)11(2)22)16-7-8-17(18)25-16/h4-9,15,20H,3,10H2,1-2H3/t15-/m0/s1. The van der Waals surface area contributed by atoms with Gasteiger partial charge < -0.3 is 4.42 Å². The average molecular weight is 396 g/mol. The number of nitrogens with zero attached hydrogens (tertiary/aromatic N) is 2. The minimum absolute atomic E-state index is 0.0163. The second-order valence-corrected chi connectivity index (χ2v) is 8.24. The number of carbonyl (C=O) groups excluding carboxylic acids is 1. The summed E-state index contributed by atoms with van der Waals surface area (Å²) in [6.45, 7) is 2.99. The van der Waals surface area contributed by atoms with Crippen molar-refractivity contribution >= 4 is 38.9 Å². The minimum atomic E-state index is -3.37. The van der Waals surface area contributed by atoms with E-state index in [2.05, 4.69) is 9.82 Å². The lowest BCUT2D eigenvalue weighted by atomic mass is 10.0. The molecule has 1 N–H and O–H groups in total. The van der Waals surface area contributed by atoms with Gasteiger partial charge in [0.05, 0.1) is 11.5 Å². The van der Waals surface area contributed by atoms with Gasteiger partial charge in [-0.05, 0) is 48.4 Å². The van der Waals surface area contributed by atoms with Gasteiger partial charge in [0.1, 0.15) is 11.8 Å². The van der Waals surface area contributed by atoms with Crippen LogP contribution in [-0.4, -0.2) is 30.8 Å². The molecule has 2 aromatic rings. The lowest BCUT2D eigenvalue weighted by Gasteiger charge is -2.17. The van der Waals surface area contributed by atoms with E-state index in [0.29, 0.717) is 23.6 Å². The molecule has 0 saturated heterocycles. The van der Waals surface area contributed by atoms with Gasteiger partial charge in [-0.3, -0.25) is 9.52 Å². The van der Waals surface area contributed by atoms with Gasteiger partial charge >= 0.3 is 0 Å². The molecule has 7 nitrogen and oxygen atoms in total. The zero-order valence-electron chi connectivity index (χ0n) is 14.3. The summed E-state index contributed by atoms with van der Waals surface area (Å²) in [5.74, 6) is 0.310. The highest BCUT2D eigenvalue weighted by Gasteiger charge is 2.33. The highest BCUT2D eigenvalue weighted by Crippen LogP contribution is 2.34. The number of halogens is 1. The normalized spacial score (nSPS) is 17.3. The smallest absolute Gasteiger partial charge is 0.240 e. The van der Waals surface area contributed by atoms with Crippen LogP contribution in [0.25, 0.3) is 0 Å². The Bertz CT molecular complexity index is 968. The van der Waals surface area contributed by atoms with Gasteiger partial charge in [0.25, 0.3) is 0 Å². The quantitative estimate of drug-likeness (QED) is 0.839. The molecule has 0 radical (unpaired) electrons. The first-order chi connectivity index (χ1) is 12.3. The van der Waals surface area contributed by atoms with E-state index in [1.165, 1.54) is 11.9 Å². The maximum absolute atomic E-state index is 12.0. The number of hydrogen-bond acceptors (Lipinski definition) is 5. The second kappa shape index (κ2) is 7.13. The van der Waals surface area contributed by atoms with Crippen LogP contribution < -0.4 is 4.72 Å². The predicted octanol–water partition coefficient (Wildman–Crippen LogP) is 3.39. The van der Waals surface area contributed by atoms with Crippen LogP contribution in [0.5, 0.6) is 0 Å². The Morgan fingerprint density at radius 1 is 1.38 bits per heavy atom. The SMILES string of the molecule is CCS(=O)(=O)Nc1cccc(C2=NN(C(C)=O)[C@H](c3ccc(Cl)o3)C2)c1. The summed E-state index contributed by atoms with van der Waals surface area (Å²) in [4.78, 5) is 12.0. The lowest BCUT2D eigenvalue weighted by Crippen LogP contribution is -2.23. The number of anilines is 1. The second-order valence-electron chi connectivity index (χ2n) is 5.86. The Labute approximate surface area is 156 Å². The van der Waals surface area contributed by atoms with Gasteiger partial charge in [-0.2, -0.15) is 5.10 Å². The maximum Gasteiger partial charge on any atom is 0.240 e. The summed E-state index contributed by atoms with van der Waals surface area (Å²) in [7, 11) is -3.37. The summed E-state index contributed by atoms with van der Waals surface area (Å²) in [6.07, 6.45) is 0.438. The van der Waals surface area contributed by atoms with E-state index in [4.69, 9.17) is 16.0 Å². The first-order valence-corrected chi connectivity index (χ1v) is 10.1. The van der Waals surface area contributed by atoms with Gasteiger partial charge in [-0.15, -0.1) is 0 Å².